The Morgan fingerprint density at radius 2 is 2.27 bits per heavy atom. The van der Waals surface area contributed by atoms with Crippen molar-refractivity contribution in [2.24, 2.45) is 0 Å². The van der Waals surface area contributed by atoms with Gasteiger partial charge in [-0.25, -0.2) is 0 Å². The predicted octanol–water partition coefficient (Wildman–Crippen LogP) is 1.26. The van der Waals surface area contributed by atoms with Gasteiger partial charge in [0.15, 0.2) is 0 Å². The summed E-state index contributed by atoms with van der Waals surface area (Å²) in [5.74, 6) is 0. The topological polar surface area (TPSA) is 48.3 Å². The summed E-state index contributed by atoms with van der Waals surface area (Å²) in [7, 11) is 0. The van der Waals surface area contributed by atoms with Crippen LogP contribution in [0.5, 0.6) is 0 Å². The van der Waals surface area contributed by atoms with E-state index in [9.17, 15) is 9.59 Å². The third-order valence-electron chi connectivity index (χ3n) is 1.89. The molecule has 1 heterocycles. The first kappa shape index (κ1) is 11.9. The molecule has 0 atom stereocenters. The number of rotatable bonds is 5. The highest BCUT2D eigenvalue weighted by atomic mass is 35.5. The number of halogens is 1. The molecule has 0 aromatic carbocycles. The lowest BCUT2D eigenvalue weighted by Gasteiger charge is -2.06. The van der Waals surface area contributed by atoms with Crippen molar-refractivity contribution in [1.82, 2.24) is 4.57 Å². The fourth-order valence-electron chi connectivity index (χ4n) is 1.13. The van der Waals surface area contributed by atoms with Gasteiger partial charge in [0.2, 0.25) is 0 Å². The number of hydrogen-bond donors (Lipinski definition) is 0. The summed E-state index contributed by atoms with van der Waals surface area (Å²) >= 11 is 5.30. The largest absolute Gasteiger partial charge is 0.380 e. The van der Waals surface area contributed by atoms with E-state index < -0.39 is 5.24 Å². The summed E-state index contributed by atoms with van der Waals surface area (Å²) in [4.78, 5) is 22.2. The van der Waals surface area contributed by atoms with E-state index in [2.05, 4.69) is 0 Å². The van der Waals surface area contributed by atoms with Crippen LogP contribution in [0.4, 0.5) is 0 Å². The molecule has 0 saturated heterocycles. The van der Waals surface area contributed by atoms with E-state index >= 15 is 0 Å². The summed E-state index contributed by atoms with van der Waals surface area (Å²) in [5.41, 5.74) is 0.143. The SMILES string of the molecule is CCOCCn1cc(C(=O)Cl)ccc1=O. The Hall–Kier alpha value is -1.13. The molecule has 0 amide bonds. The molecule has 0 N–H and O–H groups in total. The van der Waals surface area contributed by atoms with Gasteiger partial charge in [0.05, 0.1) is 12.2 Å². The number of pyridine rings is 1. The zero-order valence-electron chi connectivity index (χ0n) is 8.40. The fraction of sp³-hybridized carbons (Fsp3) is 0.400. The molecule has 0 radical (unpaired) electrons. The average Bonchev–Trinajstić information content (AvgIpc) is 2.20. The highest BCUT2D eigenvalue weighted by Gasteiger charge is 2.03. The molecule has 82 valence electrons. The lowest BCUT2D eigenvalue weighted by Crippen LogP contribution is -2.22. The molecule has 0 unspecified atom stereocenters. The van der Waals surface area contributed by atoms with Crippen LogP contribution in [-0.4, -0.2) is 23.0 Å². The van der Waals surface area contributed by atoms with Crippen LogP contribution in [0.3, 0.4) is 0 Å². The van der Waals surface area contributed by atoms with Crippen molar-refractivity contribution in [3.05, 3.63) is 34.2 Å². The Labute approximate surface area is 92.4 Å². The summed E-state index contributed by atoms with van der Waals surface area (Å²) in [5, 5.41) is -0.569. The minimum atomic E-state index is -0.569. The van der Waals surface area contributed by atoms with Gasteiger partial charge >= 0.3 is 0 Å². The minimum Gasteiger partial charge on any atom is -0.380 e. The van der Waals surface area contributed by atoms with Gasteiger partial charge in [-0.05, 0) is 24.6 Å². The standard InChI is InChI=1S/C10H12ClNO3/c1-2-15-6-5-12-7-8(10(11)14)3-4-9(12)13/h3-4,7H,2,5-6H2,1H3. The molecule has 4 nitrogen and oxygen atoms in total. The fourth-order valence-corrected chi connectivity index (χ4v) is 1.24. The maximum Gasteiger partial charge on any atom is 0.253 e. The van der Waals surface area contributed by atoms with Crippen LogP contribution in [0, 0.1) is 0 Å². The van der Waals surface area contributed by atoms with E-state index in [-0.39, 0.29) is 5.56 Å². The summed E-state index contributed by atoms with van der Waals surface area (Å²) in [6.07, 6.45) is 1.44. The second kappa shape index (κ2) is 5.68. The number of carbonyl (C=O) groups excluding carboxylic acids is 1. The van der Waals surface area contributed by atoms with Gasteiger partial charge in [0.25, 0.3) is 10.8 Å². The lowest BCUT2D eigenvalue weighted by molar-refractivity contribution is 0.107. The number of aromatic nitrogens is 1. The van der Waals surface area contributed by atoms with Crippen LogP contribution in [0.1, 0.15) is 17.3 Å². The Morgan fingerprint density at radius 1 is 1.53 bits per heavy atom. The molecule has 1 aromatic rings. The predicted molar refractivity (Wildman–Crippen MR) is 57.4 cm³/mol. The van der Waals surface area contributed by atoms with Crippen molar-refractivity contribution in [3.63, 3.8) is 0 Å². The molecule has 1 aromatic heterocycles. The molecule has 15 heavy (non-hydrogen) atoms. The van der Waals surface area contributed by atoms with Crippen molar-refractivity contribution in [1.29, 1.82) is 0 Å². The van der Waals surface area contributed by atoms with Crippen molar-refractivity contribution in [2.45, 2.75) is 13.5 Å². The first-order valence-electron chi connectivity index (χ1n) is 4.63. The van der Waals surface area contributed by atoms with Gasteiger partial charge < -0.3 is 9.30 Å². The number of hydrogen-bond acceptors (Lipinski definition) is 3. The van der Waals surface area contributed by atoms with Gasteiger partial charge in [-0.2, -0.15) is 0 Å². The van der Waals surface area contributed by atoms with Crippen LogP contribution in [-0.2, 0) is 11.3 Å². The zero-order chi connectivity index (χ0) is 11.3. The molecule has 0 aliphatic heterocycles. The smallest absolute Gasteiger partial charge is 0.253 e. The zero-order valence-corrected chi connectivity index (χ0v) is 9.16. The summed E-state index contributed by atoms with van der Waals surface area (Å²) < 4.78 is 6.52. The summed E-state index contributed by atoms with van der Waals surface area (Å²) in [6.45, 7) is 3.34. The quantitative estimate of drug-likeness (QED) is 0.564. The van der Waals surface area contributed by atoms with E-state index in [0.717, 1.165) is 0 Å². The molecule has 0 aliphatic rings. The molecule has 1 rings (SSSR count). The van der Waals surface area contributed by atoms with Gasteiger partial charge in [0, 0.05) is 25.4 Å². The average molecular weight is 230 g/mol. The van der Waals surface area contributed by atoms with Crippen LogP contribution in [0.2, 0.25) is 0 Å². The van der Waals surface area contributed by atoms with Crippen LogP contribution in [0.15, 0.2) is 23.1 Å². The molecular formula is C10H12ClNO3. The van der Waals surface area contributed by atoms with Crippen molar-refractivity contribution < 1.29 is 9.53 Å². The van der Waals surface area contributed by atoms with E-state index in [1.165, 1.54) is 22.9 Å². The van der Waals surface area contributed by atoms with Crippen LogP contribution < -0.4 is 5.56 Å². The molecule has 0 aliphatic carbocycles. The maximum atomic E-state index is 11.3. The van der Waals surface area contributed by atoms with E-state index in [1.807, 2.05) is 6.92 Å². The Bertz CT molecular complexity index is 400. The Balaban J connectivity index is 2.81. The number of carbonyl (C=O) groups is 1. The molecule has 0 spiro atoms. The van der Waals surface area contributed by atoms with Gasteiger partial charge in [-0.15, -0.1) is 0 Å². The number of nitrogens with zero attached hydrogens (tertiary/aromatic N) is 1. The van der Waals surface area contributed by atoms with Crippen LogP contribution >= 0.6 is 11.6 Å². The van der Waals surface area contributed by atoms with E-state index in [1.54, 1.807) is 0 Å². The first-order chi connectivity index (χ1) is 7.15. The Morgan fingerprint density at radius 3 is 2.87 bits per heavy atom. The molecule has 5 heteroatoms. The molecule has 0 bridgehead atoms. The van der Waals surface area contributed by atoms with E-state index in [4.69, 9.17) is 16.3 Å². The summed E-state index contributed by atoms with van der Waals surface area (Å²) in [6, 6.07) is 2.73. The van der Waals surface area contributed by atoms with Gasteiger partial charge in [-0.3, -0.25) is 9.59 Å². The molecule has 0 fully saturated rings. The van der Waals surface area contributed by atoms with Crippen LogP contribution in [0.25, 0.3) is 0 Å². The van der Waals surface area contributed by atoms with Gasteiger partial charge in [0.1, 0.15) is 0 Å². The van der Waals surface area contributed by atoms with Crippen molar-refractivity contribution in [3.8, 4) is 0 Å². The molecule has 0 saturated carbocycles. The van der Waals surface area contributed by atoms with Crippen molar-refractivity contribution in [2.75, 3.05) is 13.2 Å². The second-order valence-corrected chi connectivity index (χ2v) is 3.26. The van der Waals surface area contributed by atoms with E-state index in [0.29, 0.717) is 25.3 Å². The highest BCUT2D eigenvalue weighted by Crippen LogP contribution is 2.00. The van der Waals surface area contributed by atoms with Gasteiger partial charge in [-0.1, -0.05) is 0 Å². The highest BCUT2D eigenvalue weighted by molar-refractivity contribution is 6.67. The maximum absolute atomic E-state index is 11.3. The normalized spacial score (nSPS) is 10.3. The first-order valence-corrected chi connectivity index (χ1v) is 5.01. The third-order valence-corrected chi connectivity index (χ3v) is 2.11. The second-order valence-electron chi connectivity index (χ2n) is 2.92. The molecular weight excluding hydrogens is 218 g/mol. The Kier molecular flexibility index (Phi) is 4.52. The minimum absolute atomic E-state index is 0.170. The monoisotopic (exact) mass is 229 g/mol. The number of ether oxygens (including phenoxy) is 1. The lowest BCUT2D eigenvalue weighted by atomic mass is 10.3. The van der Waals surface area contributed by atoms with Crippen molar-refractivity contribution >= 4 is 16.8 Å². The third kappa shape index (κ3) is 3.49.